The maximum Gasteiger partial charge on any atom is 0.134 e. The first-order valence-corrected chi connectivity index (χ1v) is 10.3. The molecule has 1 aromatic heterocycles. The highest BCUT2D eigenvalue weighted by molar-refractivity contribution is 5.51. The zero-order valence-corrected chi connectivity index (χ0v) is 16.9. The summed E-state index contributed by atoms with van der Waals surface area (Å²) in [6.07, 6.45) is 4.06. The minimum absolute atomic E-state index is 0.204. The van der Waals surface area contributed by atoms with Crippen LogP contribution in [0.15, 0.2) is 36.7 Å². The number of anilines is 3. The maximum atomic E-state index is 10.2. The Morgan fingerprint density at radius 2 is 2.07 bits per heavy atom. The van der Waals surface area contributed by atoms with Gasteiger partial charge in [-0.3, -0.25) is 0 Å². The monoisotopic (exact) mass is 398 g/mol. The third-order valence-corrected chi connectivity index (χ3v) is 5.92. The van der Waals surface area contributed by atoms with Crippen molar-refractivity contribution < 1.29 is 9.84 Å². The number of ether oxygens (including phenoxy) is 1. The lowest BCUT2D eigenvalue weighted by Crippen LogP contribution is -2.47. The molecule has 4 N–H and O–H groups in total. The summed E-state index contributed by atoms with van der Waals surface area (Å²) in [5.41, 5.74) is 7.02. The van der Waals surface area contributed by atoms with Crippen molar-refractivity contribution in [2.24, 2.45) is 0 Å². The van der Waals surface area contributed by atoms with Crippen molar-refractivity contribution in [2.75, 3.05) is 48.8 Å². The molecule has 8 heteroatoms. The number of β-amino-alcohol motifs (C(OH)–C–C–N with tert-alkyl or cyclic N) is 1. The highest BCUT2D eigenvalue weighted by Crippen LogP contribution is 2.26. The van der Waals surface area contributed by atoms with Gasteiger partial charge in [0.25, 0.3) is 0 Å². The fraction of sp³-hybridized carbons (Fsp3) is 0.524. The van der Waals surface area contributed by atoms with Crippen LogP contribution in [0.1, 0.15) is 19.3 Å². The van der Waals surface area contributed by atoms with Gasteiger partial charge in [-0.05, 0) is 31.4 Å². The molecule has 29 heavy (non-hydrogen) atoms. The third-order valence-electron chi connectivity index (χ3n) is 5.92. The number of nitrogens with two attached hydrogens (primary N) is 1. The number of nitrogens with one attached hydrogen (secondary N) is 1. The Balaban J connectivity index is 1.30. The minimum atomic E-state index is -0.340. The van der Waals surface area contributed by atoms with Gasteiger partial charge in [0.15, 0.2) is 0 Å². The molecule has 156 valence electrons. The number of aliphatic hydroxyl groups is 1. The van der Waals surface area contributed by atoms with Crippen molar-refractivity contribution >= 4 is 17.3 Å². The summed E-state index contributed by atoms with van der Waals surface area (Å²) in [5, 5.41) is 13.9. The van der Waals surface area contributed by atoms with Gasteiger partial charge in [0.2, 0.25) is 0 Å². The van der Waals surface area contributed by atoms with Crippen molar-refractivity contribution in [3.8, 4) is 5.75 Å². The van der Waals surface area contributed by atoms with Crippen LogP contribution in [0.5, 0.6) is 5.75 Å². The van der Waals surface area contributed by atoms with Crippen LogP contribution in [0.3, 0.4) is 0 Å². The highest BCUT2D eigenvalue weighted by atomic mass is 16.5. The molecule has 0 saturated carbocycles. The fourth-order valence-corrected chi connectivity index (χ4v) is 4.34. The molecule has 2 saturated heterocycles. The minimum Gasteiger partial charge on any atom is -0.497 e. The number of hydrogen-bond donors (Lipinski definition) is 3. The Hall–Kier alpha value is -2.58. The second-order valence-electron chi connectivity index (χ2n) is 7.87. The van der Waals surface area contributed by atoms with Gasteiger partial charge in [0, 0.05) is 56.1 Å². The van der Waals surface area contributed by atoms with E-state index in [1.165, 1.54) is 12.0 Å². The molecule has 0 spiro atoms. The van der Waals surface area contributed by atoms with E-state index in [1.54, 1.807) is 13.2 Å². The predicted molar refractivity (Wildman–Crippen MR) is 114 cm³/mol. The Bertz CT molecular complexity index is 811. The molecule has 0 amide bonds. The van der Waals surface area contributed by atoms with E-state index in [1.807, 2.05) is 12.1 Å². The molecule has 1 aromatic carbocycles. The van der Waals surface area contributed by atoms with Gasteiger partial charge < -0.3 is 30.7 Å². The first-order chi connectivity index (χ1) is 14.1. The quantitative estimate of drug-likeness (QED) is 0.669. The van der Waals surface area contributed by atoms with Gasteiger partial charge in [-0.25, -0.2) is 9.97 Å². The third kappa shape index (κ3) is 4.71. The molecule has 2 aliphatic heterocycles. The Kier molecular flexibility index (Phi) is 6.01. The van der Waals surface area contributed by atoms with Crippen LogP contribution in [0.25, 0.3) is 0 Å². The molecule has 0 radical (unpaired) electrons. The van der Waals surface area contributed by atoms with Gasteiger partial charge in [-0.15, -0.1) is 0 Å². The molecular formula is C21H30N6O2. The molecule has 0 bridgehead atoms. The number of piperidine rings is 1. The topological polar surface area (TPSA) is 99.8 Å². The lowest BCUT2D eigenvalue weighted by atomic mass is 10.0. The number of benzene rings is 1. The molecule has 2 fully saturated rings. The van der Waals surface area contributed by atoms with Gasteiger partial charge in [-0.2, -0.15) is 0 Å². The van der Waals surface area contributed by atoms with Crippen molar-refractivity contribution in [3.05, 3.63) is 36.7 Å². The van der Waals surface area contributed by atoms with E-state index >= 15 is 0 Å². The smallest absolute Gasteiger partial charge is 0.134 e. The second kappa shape index (κ2) is 8.84. The maximum absolute atomic E-state index is 10.2. The molecule has 2 aliphatic rings. The summed E-state index contributed by atoms with van der Waals surface area (Å²) in [5.74, 6) is 2.13. The van der Waals surface area contributed by atoms with E-state index in [9.17, 15) is 5.11 Å². The standard InChI is InChI=1S/C21H30N6O2/c1-29-19-4-2-3-16(10-19)26-7-5-15(6-8-26)23-12-17-9-18(28)13-27(17)21-11-20(22)24-14-25-21/h2-4,10-11,14-15,17-18,23,28H,5-9,12-13H2,1H3,(H2,22,24,25)/t17-,18-/m1/s1. The lowest BCUT2D eigenvalue weighted by molar-refractivity contribution is 0.193. The molecule has 2 aromatic rings. The number of hydrogen-bond acceptors (Lipinski definition) is 8. The van der Waals surface area contributed by atoms with Crippen LogP contribution in [-0.2, 0) is 0 Å². The second-order valence-corrected chi connectivity index (χ2v) is 7.87. The summed E-state index contributed by atoms with van der Waals surface area (Å²) >= 11 is 0. The fourth-order valence-electron chi connectivity index (χ4n) is 4.34. The number of rotatable bonds is 6. The molecular weight excluding hydrogens is 368 g/mol. The Labute approximate surface area is 171 Å². The van der Waals surface area contributed by atoms with E-state index in [0.717, 1.165) is 50.5 Å². The van der Waals surface area contributed by atoms with Gasteiger partial charge in [0.1, 0.15) is 23.7 Å². The van der Waals surface area contributed by atoms with Crippen LogP contribution < -0.4 is 25.6 Å². The normalized spacial score (nSPS) is 22.8. The molecule has 3 heterocycles. The van der Waals surface area contributed by atoms with E-state index in [4.69, 9.17) is 10.5 Å². The lowest BCUT2D eigenvalue weighted by Gasteiger charge is -2.35. The zero-order chi connectivity index (χ0) is 20.2. The molecule has 0 aliphatic carbocycles. The van der Waals surface area contributed by atoms with E-state index < -0.39 is 0 Å². The van der Waals surface area contributed by atoms with Crippen molar-refractivity contribution in [3.63, 3.8) is 0 Å². The van der Waals surface area contributed by atoms with E-state index in [-0.39, 0.29) is 12.1 Å². The molecule has 0 unspecified atom stereocenters. The average molecular weight is 399 g/mol. The summed E-state index contributed by atoms with van der Waals surface area (Å²) in [7, 11) is 1.70. The van der Waals surface area contributed by atoms with Crippen LogP contribution in [0.2, 0.25) is 0 Å². The van der Waals surface area contributed by atoms with E-state index in [2.05, 4.69) is 37.2 Å². The Morgan fingerprint density at radius 3 is 2.83 bits per heavy atom. The molecule has 8 nitrogen and oxygen atoms in total. The largest absolute Gasteiger partial charge is 0.497 e. The predicted octanol–water partition coefficient (Wildman–Crippen LogP) is 1.27. The van der Waals surface area contributed by atoms with Crippen molar-refractivity contribution in [2.45, 2.75) is 37.5 Å². The van der Waals surface area contributed by atoms with E-state index in [0.29, 0.717) is 18.4 Å². The van der Waals surface area contributed by atoms with Crippen molar-refractivity contribution in [1.29, 1.82) is 0 Å². The first kappa shape index (κ1) is 19.7. The van der Waals surface area contributed by atoms with Crippen LogP contribution in [0.4, 0.5) is 17.3 Å². The highest BCUT2D eigenvalue weighted by Gasteiger charge is 2.32. The van der Waals surface area contributed by atoms with Crippen molar-refractivity contribution in [1.82, 2.24) is 15.3 Å². The van der Waals surface area contributed by atoms with Gasteiger partial charge in [0.05, 0.1) is 13.2 Å². The first-order valence-electron chi connectivity index (χ1n) is 10.3. The van der Waals surface area contributed by atoms with Gasteiger partial charge >= 0.3 is 0 Å². The molecule has 4 rings (SSSR count). The van der Waals surface area contributed by atoms with Gasteiger partial charge in [-0.1, -0.05) is 6.07 Å². The number of nitrogens with zero attached hydrogens (tertiary/aromatic N) is 4. The zero-order valence-electron chi connectivity index (χ0n) is 16.9. The Morgan fingerprint density at radius 1 is 1.24 bits per heavy atom. The summed E-state index contributed by atoms with van der Waals surface area (Å²) in [6, 6.07) is 10.7. The number of methoxy groups -OCH3 is 1. The number of nitrogen functional groups attached to an aromatic ring is 1. The average Bonchev–Trinajstić information content (AvgIpc) is 3.13. The molecule has 2 atom stereocenters. The van der Waals surface area contributed by atoms with Crippen LogP contribution >= 0.6 is 0 Å². The SMILES string of the molecule is COc1cccc(N2CCC(NC[C@H]3C[C@@H](O)CN3c3cc(N)ncn3)CC2)c1. The van der Waals surface area contributed by atoms with Crippen LogP contribution in [0, 0.1) is 0 Å². The summed E-state index contributed by atoms with van der Waals surface area (Å²) < 4.78 is 5.34. The number of aliphatic hydroxyl groups excluding tert-OH is 1. The summed E-state index contributed by atoms with van der Waals surface area (Å²) in [6.45, 7) is 3.44. The summed E-state index contributed by atoms with van der Waals surface area (Å²) in [4.78, 5) is 12.9. The number of aromatic nitrogens is 2. The van der Waals surface area contributed by atoms with Crippen LogP contribution in [-0.4, -0.2) is 66.6 Å².